The number of amides is 1. The zero-order valence-corrected chi connectivity index (χ0v) is 18.0. The molecule has 29 heavy (non-hydrogen) atoms. The molecule has 2 aromatic carbocycles. The number of thioether (sulfide) groups is 1. The van der Waals surface area contributed by atoms with Gasteiger partial charge >= 0.3 is 0 Å². The van der Waals surface area contributed by atoms with Crippen molar-refractivity contribution >= 4 is 35.0 Å². The standard InChI is InChI=1S/C23H22ClN3OS/c1-15(2)16-3-5-17(6-4-16)20-11-22(28)27-13-26(14-29-23(27)21(20)12-25)19-9-7-18(24)8-10-19/h3-10,15,20H,11,13-14H2,1-2H3/t20-/m0/s1. The predicted octanol–water partition coefficient (Wildman–Crippen LogP) is 5.68. The molecule has 2 aliphatic heterocycles. The van der Waals surface area contributed by atoms with Crippen LogP contribution in [0, 0.1) is 11.3 Å². The van der Waals surface area contributed by atoms with Crippen molar-refractivity contribution in [1.29, 1.82) is 5.26 Å². The van der Waals surface area contributed by atoms with Crippen molar-refractivity contribution in [3.8, 4) is 6.07 Å². The highest BCUT2D eigenvalue weighted by Gasteiger charge is 2.38. The lowest BCUT2D eigenvalue weighted by Gasteiger charge is -2.42. The Balaban J connectivity index is 1.63. The van der Waals surface area contributed by atoms with E-state index in [4.69, 9.17) is 11.6 Å². The lowest BCUT2D eigenvalue weighted by Crippen LogP contribution is -2.47. The summed E-state index contributed by atoms with van der Waals surface area (Å²) in [5.74, 6) is 1.03. The highest BCUT2D eigenvalue weighted by atomic mass is 35.5. The Bertz CT molecular complexity index is 992. The molecule has 1 atom stereocenters. The normalized spacial score (nSPS) is 19.4. The number of allylic oxidation sites excluding steroid dienone is 1. The highest BCUT2D eigenvalue weighted by Crippen LogP contribution is 2.43. The summed E-state index contributed by atoms with van der Waals surface area (Å²) in [5, 5.41) is 11.4. The van der Waals surface area contributed by atoms with Crippen LogP contribution in [-0.2, 0) is 4.79 Å². The quantitative estimate of drug-likeness (QED) is 0.636. The summed E-state index contributed by atoms with van der Waals surface area (Å²) in [7, 11) is 0. The first-order valence-electron chi connectivity index (χ1n) is 9.65. The monoisotopic (exact) mass is 423 g/mol. The highest BCUT2D eigenvalue weighted by molar-refractivity contribution is 8.03. The Morgan fingerprint density at radius 1 is 1.14 bits per heavy atom. The molecule has 0 saturated carbocycles. The van der Waals surface area contributed by atoms with Gasteiger partial charge in [0.2, 0.25) is 5.91 Å². The first-order chi connectivity index (χ1) is 14.0. The van der Waals surface area contributed by atoms with Gasteiger partial charge in [0.25, 0.3) is 0 Å². The van der Waals surface area contributed by atoms with Crippen LogP contribution in [0.5, 0.6) is 0 Å². The predicted molar refractivity (Wildman–Crippen MR) is 119 cm³/mol. The number of benzene rings is 2. The van der Waals surface area contributed by atoms with Crippen molar-refractivity contribution in [2.75, 3.05) is 17.4 Å². The number of halogens is 1. The molecule has 0 unspecified atom stereocenters. The number of anilines is 1. The summed E-state index contributed by atoms with van der Waals surface area (Å²) in [4.78, 5) is 16.9. The first kappa shape index (κ1) is 19.9. The fourth-order valence-corrected chi connectivity index (χ4v) is 5.07. The number of hydrogen-bond acceptors (Lipinski definition) is 4. The van der Waals surface area contributed by atoms with E-state index < -0.39 is 0 Å². The third-order valence-electron chi connectivity index (χ3n) is 5.49. The van der Waals surface area contributed by atoms with Gasteiger partial charge in [0.15, 0.2) is 0 Å². The van der Waals surface area contributed by atoms with Crippen LogP contribution < -0.4 is 4.90 Å². The molecule has 0 N–H and O–H groups in total. The van der Waals surface area contributed by atoms with Crippen molar-refractivity contribution in [3.05, 3.63) is 75.3 Å². The van der Waals surface area contributed by atoms with Crippen LogP contribution >= 0.6 is 23.4 Å². The molecule has 148 valence electrons. The summed E-state index contributed by atoms with van der Waals surface area (Å²) in [6, 6.07) is 18.3. The molecule has 0 aromatic heterocycles. The largest absolute Gasteiger partial charge is 0.344 e. The number of fused-ring (bicyclic) bond motifs is 1. The smallest absolute Gasteiger partial charge is 0.229 e. The number of rotatable bonds is 3. The Morgan fingerprint density at radius 2 is 1.83 bits per heavy atom. The van der Waals surface area contributed by atoms with Gasteiger partial charge in [-0.15, -0.1) is 0 Å². The third kappa shape index (κ3) is 3.88. The second-order valence-corrected chi connectivity index (χ2v) is 9.03. The van der Waals surface area contributed by atoms with E-state index in [1.54, 1.807) is 16.7 Å². The second kappa shape index (κ2) is 8.14. The van der Waals surface area contributed by atoms with Gasteiger partial charge in [0.1, 0.15) is 0 Å². The van der Waals surface area contributed by atoms with Crippen LogP contribution in [0.2, 0.25) is 5.02 Å². The number of carbonyl (C=O) groups is 1. The molecule has 0 spiro atoms. The van der Waals surface area contributed by atoms with Gasteiger partial charge in [0.05, 0.1) is 29.2 Å². The minimum absolute atomic E-state index is 0.0584. The molecule has 2 aliphatic rings. The zero-order valence-electron chi connectivity index (χ0n) is 16.4. The molecule has 1 amide bonds. The van der Waals surface area contributed by atoms with E-state index in [1.165, 1.54) is 5.56 Å². The van der Waals surface area contributed by atoms with Crippen molar-refractivity contribution in [3.63, 3.8) is 0 Å². The molecule has 0 radical (unpaired) electrons. The summed E-state index contributed by atoms with van der Waals surface area (Å²) in [5.41, 5.74) is 4.00. The maximum absolute atomic E-state index is 13.0. The number of nitrogens with zero attached hydrogens (tertiary/aromatic N) is 3. The lowest BCUT2D eigenvalue weighted by atomic mass is 9.85. The number of carbonyl (C=O) groups excluding carboxylic acids is 1. The van der Waals surface area contributed by atoms with E-state index in [0.717, 1.165) is 16.3 Å². The summed E-state index contributed by atoms with van der Waals surface area (Å²) in [6.45, 7) is 4.77. The third-order valence-corrected chi connectivity index (χ3v) is 6.90. The fraction of sp³-hybridized carbons (Fsp3) is 0.304. The topological polar surface area (TPSA) is 47.3 Å². The maximum atomic E-state index is 13.0. The van der Waals surface area contributed by atoms with Gasteiger partial charge in [-0.3, -0.25) is 9.69 Å². The van der Waals surface area contributed by atoms with E-state index in [9.17, 15) is 10.1 Å². The van der Waals surface area contributed by atoms with Gasteiger partial charge in [-0.1, -0.05) is 61.5 Å². The first-order valence-corrected chi connectivity index (χ1v) is 11.0. The molecule has 2 aromatic rings. The minimum Gasteiger partial charge on any atom is -0.344 e. The molecule has 0 bridgehead atoms. The zero-order chi connectivity index (χ0) is 20.5. The van der Waals surface area contributed by atoms with Crippen molar-refractivity contribution < 1.29 is 4.79 Å². The van der Waals surface area contributed by atoms with Crippen LogP contribution in [0.4, 0.5) is 5.69 Å². The average Bonchev–Trinajstić information content (AvgIpc) is 2.74. The number of hydrogen-bond donors (Lipinski definition) is 0. The van der Waals surface area contributed by atoms with Gasteiger partial charge < -0.3 is 4.90 Å². The summed E-state index contributed by atoms with van der Waals surface area (Å²) < 4.78 is 0. The van der Waals surface area contributed by atoms with Crippen LogP contribution in [0.3, 0.4) is 0 Å². The van der Waals surface area contributed by atoms with Crippen molar-refractivity contribution in [2.24, 2.45) is 0 Å². The average molecular weight is 424 g/mol. The summed E-state index contributed by atoms with van der Waals surface area (Å²) in [6.07, 6.45) is 0.322. The van der Waals surface area contributed by atoms with Crippen LogP contribution in [0.15, 0.2) is 59.1 Å². The molecule has 1 fully saturated rings. The molecular formula is C23H22ClN3OS. The Morgan fingerprint density at radius 3 is 2.45 bits per heavy atom. The van der Waals surface area contributed by atoms with E-state index in [1.807, 2.05) is 24.3 Å². The number of nitriles is 1. The SMILES string of the molecule is CC(C)c1ccc([C@@H]2CC(=O)N3CN(c4ccc(Cl)cc4)CSC3=C2C#N)cc1. The van der Waals surface area contributed by atoms with Crippen LogP contribution in [-0.4, -0.2) is 23.4 Å². The Hall–Kier alpha value is -2.42. The second-order valence-electron chi connectivity index (χ2n) is 7.66. The fourth-order valence-electron chi connectivity index (χ4n) is 3.78. The van der Waals surface area contributed by atoms with E-state index in [2.05, 4.69) is 49.1 Å². The molecule has 1 saturated heterocycles. The van der Waals surface area contributed by atoms with Gasteiger partial charge in [0, 0.05) is 23.0 Å². The van der Waals surface area contributed by atoms with E-state index in [0.29, 0.717) is 35.5 Å². The molecule has 2 heterocycles. The molecule has 4 nitrogen and oxygen atoms in total. The minimum atomic E-state index is -0.172. The van der Waals surface area contributed by atoms with Crippen LogP contribution in [0.1, 0.15) is 43.2 Å². The van der Waals surface area contributed by atoms with E-state index >= 15 is 0 Å². The lowest BCUT2D eigenvalue weighted by molar-refractivity contribution is -0.129. The Kier molecular flexibility index (Phi) is 5.58. The maximum Gasteiger partial charge on any atom is 0.229 e. The molecular weight excluding hydrogens is 402 g/mol. The van der Waals surface area contributed by atoms with Crippen molar-refractivity contribution in [1.82, 2.24) is 4.90 Å². The van der Waals surface area contributed by atoms with Gasteiger partial charge in [-0.2, -0.15) is 5.26 Å². The van der Waals surface area contributed by atoms with E-state index in [-0.39, 0.29) is 11.8 Å². The van der Waals surface area contributed by atoms with Crippen LogP contribution in [0.25, 0.3) is 0 Å². The molecule has 6 heteroatoms. The van der Waals surface area contributed by atoms with Crippen molar-refractivity contribution in [2.45, 2.75) is 32.1 Å². The summed E-state index contributed by atoms with van der Waals surface area (Å²) >= 11 is 7.54. The molecule has 0 aliphatic carbocycles. The molecule has 4 rings (SSSR count). The van der Waals surface area contributed by atoms with Gasteiger partial charge in [-0.25, -0.2) is 0 Å². The Labute approximate surface area is 180 Å². The van der Waals surface area contributed by atoms with Gasteiger partial charge in [-0.05, 0) is 41.3 Å².